The fourth-order valence-corrected chi connectivity index (χ4v) is 3.01. The van der Waals surface area contributed by atoms with E-state index in [0.717, 1.165) is 37.8 Å². The lowest BCUT2D eigenvalue weighted by Crippen LogP contribution is -2.23. The Balaban J connectivity index is 2.22. The Morgan fingerprint density at radius 2 is 2.10 bits per heavy atom. The van der Waals surface area contributed by atoms with Crippen molar-refractivity contribution in [1.82, 2.24) is 9.03 Å². The normalized spacial score (nSPS) is 15.5. The fraction of sp³-hybridized carbons (Fsp3) is 0.500. The summed E-state index contributed by atoms with van der Waals surface area (Å²) in [5.74, 6) is -0.786. The molecule has 1 amide bonds. The lowest BCUT2D eigenvalue weighted by atomic mass is 10.1. The lowest BCUT2D eigenvalue weighted by Gasteiger charge is -2.17. The highest BCUT2D eigenvalue weighted by Gasteiger charge is 2.24. The van der Waals surface area contributed by atoms with Crippen molar-refractivity contribution in [2.75, 3.05) is 14.1 Å². The van der Waals surface area contributed by atoms with E-state index in [1.54, 1.807) is 24.5 Å². The Morgan fingerprint density at radius 1 is 1.43 bits per heavy atom. The van der Waals surface area contributed by atoms with E-state index in [4.69, 9.17) is 4.74 Å². The number of halogens is 2. The Kier molecular flexibility index (Phi) is 5.89. The minimum absolute atomic E-state index is 0.0422. The zero-order valence-electron chi connectivity index (χ0n) is 12.0. The maximum atomic E-state index is 14.2. The second-order valence-electron chi connectivity index (χ2n) is 5.12. The lowest BCUT2D eigenvalue weighted by molar-refractivity contribution is 0.0971. The molecule has 0 saturated heterocycles. The summed E-state index contributed by atoms with van der Waals surface area (Å²) in [7, 11) is 3.58. The van der Waals surface area contributed by atoms with Gasteiger partial charge in [0, 0.05) is 16.6 Å². The van der Waals surface area contributed by atoms with Gasteiger partial charge in [-0.05, 0) is 51.9 Å². The zero-order valence-corrected chi connectivity index (χ0v) is 14.4. The van der Waals surface area contributed by atoms with Crippen molar-refractivity contribution < 1.29 is 13.9 Å². The van der Waals surface area contributed by atoms with Gasteiger partial charge >= 0.3 is 0 Å². The van der Waals surface area contributed by atoms with Gasteiger partial charge in [-0.15, -0.1) is 0 Å². The summed E-state index contributed by atoms with van der Waals surface area (Å²) >= 11 is 4.34. The molecule has 1 aromatic carbocycles. The van der Waals surface area contributed by atoms with Crippen molar-refractivity contribution in [3.05, 3.63) is 28.0 Å². The van der Waals surface area contributed by atoms with E-state index in [2.05, 4.69) is 20.7 Å². The molecule has 0 spiro atoms. The van der Waals surface area contributed by atoms with Crippen molar-refractivity contribution >= 4 is 34.0 Å². The third kappa shape index (κ3) is 4.59. The number of nitrogens with one attached hydrogen (secondary N) is 1. The molecule has 1 aliphatic carbocycles. The molecule has 0 aliphatic heterocycles. The first-order valence-corrected chi connectivity index (χ1v) is 8.34. The van der Waals surface area contributed by atoms with Crippen LogP contribution in [-0.2, 0) is 0 Å². The van der Waals surface area contributed by atoms with E-state index in [-0.39, 0.29) is 11.7 Å². The molecule has 1 fully saturated rings. The van der Waals surface area contributed by atoms with E-state index < -0.39 is 11.7 Å². The predicted molar refractivity (Wildman–Crippen MR) is 85.7 cm³/mol. The number of hydrogen-bond donors (Lipinski definition) is 1. The topological polar surface area (TPSA) is 41.6 Å². The van der Waals surface area contributed by atoms with Crippen molar-refractivity contribution in [1.29, 1.82) is 0 Å². The molecule has 2 rings (SSSR count). The van der Waals surface area contributed by atoms with Crippen LogP contribution in [0.3, 0.4) is 0 Å². The number of hydrogen-bond acceptors (Lipinski definition) is 4. The smallest absolute Gasteiger partial charge is 0.268 e. The second-order valence-corrected chi connectivity index (χ2v) is 7.15. The molecule has 0 bridgehead atoms. The van der Waals surface area contributed by atoms with Gasteiger partial charge in [0.2, 0.25) is 0 Å². The molecule has 1 aliphatic rings. The van der Waals surface area contributed by atoms with Crippen molar-refractivity contribution in [3.63, 3.8) is 0 Å². The van der Waals surface area contributed by atoms with Crippen LogP contribution in [0.15, 0.2) is 16.6 Å². The first-order chi connectivity index (χ1) is 9.97. The van der Waals surface area contributed by atoms with E-state index in [9.17, 15) is 9.18 Å². The Morgan fingerprint density at radius 3 is 2.71 bits per heavy atom. The fourth-order valence-electron chi connectivity index (χ4n) is 2.23. The van der Waals surface area contributed by atoms with Crippen LogP contribution < -0.4 is 9.46 Å². The van der Waals surface area contributed by atoms with Crippen LogP contribution >= 0.6 is 28.1 Å². The summed E-state index contributed by atoms with van der Waals surface area (Å²) < 4.78 is 24.9. The van der Waals surface area contributed by atoms with Crippen LogP contribution in [0.5, 0.6) is 5.75 Å². The van der Waals surface area contributed by atoms with Crippen LogP contribution in [0.1, 0.15) is 36.0 Å². The molecule has 0 aromatic heterocycles. The van der Waals surface area contributed by atoms with Crippen molar-refractivity contribution in [3.8, 4) is 5.75 Å². The quantitative estimate of drug-likeness (QED) is 0.794. The van der Waals surface area contributed by atoms with Crippen molar-refractivity contribution in [2.24, 2.45) is 0 Å². The van der Waals surface area contributed by atoms with E-state index in [1.807, 2.05) is 0 Å². The van der Waals surface area contributed by atoms with Crippen LogP contribution in [-0.4, -0.2) is 30.4 Å². The monoisotopic (exact) mass is 376 g/mol. The Hall–Kier alpha value is -0.790. The van der Waals surface area contributed by atoms with Crippen LogP contribution in [0, 0.1) is 5.82 Å². The maximum Gasteiger partial charge on any atom is 0.268 e. The number of amides is 1. The van der Waals surface area contributed by atoms with Gasteiger partial charge in [0.25, 0.3) is 5.91 Å². The van der Waals surface area contributed by atoms with E-state index in [0.29, 0.717) is 10.2 Å². The predicted octanol–water partition coefficient (Wildman–Crippen LogP) is 3.76. The molecule has 1 N–H and O–H groups in total. The highest BCUT2D eigenvalue weighted by molar-refractivity contribution is 9.10. The number of rotatable bonds is 5. The third-order valence-electron chi connectivity index (χ3n) is 3.16. The molecule has 1 aromatic rings. The zero-order chi connectivity index (χ0) is 15.4. The molecule has 4 nitrogen and oxygen atoms in total. The average molecular weight is 377 g/mol. The summed E-state index contributed by atoms with van der Waals surface area (Å²) in [6.07, 6.45) is 4.17. The van der Waals surface area contributed by atoms with Crippen LogP contribution in [0.2, 0.25) is 0 Å². The first-order valence-electron chi connectivity index (χ1n) is 6.77. The minimum atomic E-state index is -0.589. The molecule has 0 heterocycles. The molecular formula is C14H18BrFN2O2S. The highest BCUT2D eigenvalue weighted by Crippen LogP contribution is 2.31. The first kappa shape index (κ1) is 16.6. The highest BCUT2D eigenvalue weighted by atomic mass is 79.9. The largest absolute Gasteiger partial charge is 0.489 e. The van der Waals surface area contributed by atoms with E-state index >= 15 is 0 Å². The summed E-state index contributed by atoms with van der Waals surface area (Å²) in [4.78, 5) is 12.2. The molecule has 1 saturated carbocycles. The molecular weight excluding hydrogens is 359 g/mol. The van der Waals surface area contributed by atoms with Crippen molar-refractivity contribution in [2.45, 2.75) is 31.8 Å². The second kappa shape index (κ2) is 7.47. The van der Waals surface area contributed by atoms with Gasteiger partial charge in [-0.3, -0.25) is 9.52 Å². The van der Waals surface area contributed by atoms with Gasteiger partial charge in [0.1, 0.15) is 17.1 Å². The van der Waals surface area contributed by atoms with Crippen LogP contribution in [0.25, 0.3) is 0 Å². The van der Waals surface area contributed by atoms with Gasteiger partial charge in [-0.25, -0.2) is 8.70 Å². The molecule has 116 valence electrons. The maximum absolute atomic E-state index is 14.2. The molecule has 21 heavy (non-hydrogen) atoms. The standard InChI is InChI=1S/C14H18BrFN2O2S/c1-18(2)21-17-14(19)13-11(16)7-9(15)8-12(13)20-10-5-3-4-6-10/h7-8,10H,3-6H2,1-2H3,(H,17,19). The van der Waals surface area contributed by atoms with Gasteiger partial charge in [0.05, 0.1) is 6.10 Å². The van der Waals surface area contributed by atoms with Gasteiger partial charge in [-0.1, -0.05) is 15.9 Å². The number of benzene rings is 1. The molecule has 0 atom stereocenters. The van der Waals surface area contributed by atoms with Gasteiger partial charge in [0.15, 0.2) is 0 Å². The number of ether oxygens (including phenoxy) is 1. The van der Waals surface area contributed by atoms with Crippen LogP contribution in [0.4, 0.5) is 4.39 Å². The molecule has 0 radical (unpaired) electrons. The van der Waals surface area contributed by atoms with E-state index in [1.165, 1.54) is 6.07 Å². The van der Waals surface area contributed by atoms with Gasteiger partial charge < -0.3 is 4.74 Å². The van der Waals surface area contributed by atoms with Gasteiger partial charge in [-0.2, -0.15) is 0 Å². The summed E-state index contributed by atoms with van der Waals surface area (Å²) in [5.41, 5.74) is -0.0422. The summed E-state index contributed by atoms with van der Waals surface area (Å²) in [5, 5.41) is 0. The number of carbonyl (C=O) groups excluding carboxylic acids is 1. The molecule has 0 unspecified atom stereocenters. The third-order valence-corrected chi connectivity index (χ3v) is 4.26. The minimum Gasteiger partial charge on any atom is -0.489 e. The molecule has 7 heteroatoms. The Labute approximate surface area is 136 Å². The summed E-state index contributed by atoms with van der Waals surface area (Å²) in [6, 6.07) is 2.92. The number of carbonyl (C=O) groups is 1. The Bertz CT molecular complexity index is 522. The number of nitrogens with zero attached hydrogens (tertiary/aromatic N) is 1. The SMILES string of the molecule is CN(C)SNC(=O)c1c(F)cc(Br)cc1OC1CCCC1. The average Bonchev–Trinajstić information content (AvgIpc) is 2.88. The summed E-state index contributed by atoms with van der Waals surface area (Å²) in [6.45, 7) is 0.